The topological polar surface area (TPSA) is 81.4 Å². The molecule has 0 radical (unpaired) electrons. The van der Waals surface area contributed by atoms with Crippen molar-refractivity contribution in [2.24, 2.45) is 0 Å². The third kappa shape index (κ3) is 2.49. The first kappa shape index (κ1) is 12.2. The Balaban J connectivity index is 1.83. The van der Waals surface area contributed by atoms with Crippen molar-refractivity contribution in [3.8, 4) is 11.7 Å². The highest BCUT2D eigenvalue weighted by atomic mass is 16.4. The van der Waals surface area contributed by atoms with Gasteiger partial charge in [-0.2, -0.15) is 4.68 Å². The lowest BCUT2D eigenvalue weighted by Gasteiger charge is -2.31. The summed E-state index contributed by atoms with van der Waals surface area (Å²) in [6.45, 7) is 0.177. The second-order valence-electron chi connectivity index (χ2n) is 5.09. The lowest BCUT2D eigenvalue weighted by molar-refractivity contribution is -0.0157. The normalized spacial score (nSPS) is 18.6. The van der Waals surface area contributed by atoms with E-state index in [0.29, 0.717) is 18.6 Å². The molecule has 3 rings (SSSR count). The maximum Gasteiger partial charge on any atom is 0.437 e. The average Bonchev–Trinajstić information content (AvgIpc) is 3.00. The Morgan fingerprint density at radius 2 is 2.16 bits per heavy atom. The van der Waals surface area contributed by atoms with Crippen molar-refractivity contribution in [3.05, 3.63) is 28.9 Å². The van der Waals surface area contributed by atoms with Gasteiger partial charge in [-0.3, -0.25) is 0 Å². The van der Waals surface area contributed by atoms with Gasteiger partial charge in [-0.05, 0) is 25.0 Å². The second-order valence-corrected chi connectivity index (χ2v) is 5.09. The van der Waals surface area contributed by atoms with Gasteiger partial charge in [0.2, 0.25) is 0 Å². The average molecular weight is 264 g/mol. The minimum atomic E-state index is -0.848. The summed E-state index contributed by atoms with van der Waals surface area (Å²) in [5.74, 6) is -0.00806. The largest absolute Gasteiger partial charge is 0.459 e. The third-order valence-corrected chi connectivity index (χ3v) is 3.57. The number of aromatic nitrogens is 2. The smallest absolute Gasteiger partial charge is 0.437 e. The van der Waals surface area contributed by atoms with Gasteiger partial charge in [-0.25, -0.2) is 4.79 Å². The highest BCUT2D eigenvalue weighted by molar-refractivity contribution is 5.42. The number of hydrogen-bond acceptors (Lipinski definition) is 5. The van der Waals surface area contributed by atoms with E-state index in [1.807, 2.05) is 0 Å². The van der Waals surface area contributed by atoms with E-state index in [1.54, 1.807) is 12.1 Å². The molecular formula is C13H16N2O4. The maximum atomic E-state index is 11.7. The van der Waals surface area contributed by atoms with Crippen LogP contribution in [0.1, 0.15) is 32.1 Å². The van der Waals surface area contributed by atoms with Gasteiger partial charge in [0.15, 0.2) is 5.76 Å². The van der Waals surface area contributed by atoms with E-state index in [4.69, 9.17) is 8.83 Å². The molecule has 2 aromatic heterocycles. The quantitative estimate of drug-likeness (QED) is 0.914. The molecule has 1 aliphatic carbocycles. The predicted molar refractivity (Wildman–Crippen MR) is 66.5 cm³/mol. The van der Waals surface area contributed by atoms with Crippen LogP contribution < -0.4 is 5.76 Å². The van der Waals surface area contributed by atoms with Crippen molar-refractivity contribution in [1.82, 2.24) is 9.78 Å². The summed E-state index contributed by atoms with van der Waals surface area (Å²) in [4.78, 5) is 11.7. The number of aliphatic hydroxyl groups is 1. The van der Waals surface area contributed by atoms with Crippen molar-refractivity contribution in [2.45, 2.75) is 44.2 Å². The molecule has 1 aliphatic rings. The molecule has 0 bridgehead atoms. The van der Waals surface area contributed by atoms with Gasteiger partial charge in [0.1, 0.15) is 0 Å². The summed E-state index contributed by atoms with van der Waals surface area (Å²) >= 11 is 0. The van der Waals surface area contributed by atoms with Gasteiger partial charge < -0.3 is 13.9 Å². The Kier molecular flexibility index (Phi) is 3.02. The van der Waals surface area contributed by atoms with E-state index in [0.717, 1.165) is 19.3 Å². The van der Waals surface area contributed by atoms with Crippen LogP contribution in [0.15, 0.2) is 32.0 Å². The summed E-state index contributed by atoms with van der Waals surface area (Å²) in [7, 11) is 0. The Morgan fingerprint density at radius 1 is 1.37 bits per heavy atom. The molecule has 0 unspecified atom stereocenters. The molecule has 2 heterocycles. The summed E-state index contributed by atoms with van der Waals surface area (Å²) in [6, 6.07) is 3.37. The molecule has 0 amide bonds. The summed E-state index contributed by atoms with van der Waals surface area (Å²) in [5, 5.41) is 14.5. The predicted octanol–water partition coefficient (Wildman–Crippen LogP) is 1.79. The van der Waals surface area contributed by atoms with Gasteiger partial charge in [0.05, 0.1) is 18.4 Å². The van der Waals surface area contributed by atoms with E-state index >= 15 is 0 Å². The Morgan fingerprint density at radius 3 is 2.84 bits per heavy atom. The number of nitrogens with zero attached hydrogens (tertiary/aromatic N) is 2. The SMILES string of the molecule is O=c1oc(-c2ccco2)nn1CC1(O)CCCCC1. The van der Waals surface area contributed by atoms with Crippen LogP contribution in [0, 0.1) is 0 Å². The third-order valence-electron chi connectivity index (χ3n) is 3.57. The summed E-state index contributed by atoms with van der Waals surface area (Å²) < 4.78 is 11.4. The van der Waals surface area contributed by atoms with E-state index in [-0.39, 0.29) is 12.4 Å². The zero-order valence-corrected chi connectivity index (χ0v) is 10.5. The van der Waals surface area contributed by atoms with Gasteiger partial charge in [0, 0.05) is 0 Å². The lowest BCUT2D eigenvalue weighted by atomic mass is 9.85. The molecule has 6 heteroatoms. The minimum absolute atomic E-state index is 0.148. The van der Waals surface area contributed by atoms with Crippen LogP contribution in [0.4, 0.5) is 0 Å². The van der Waals surface area contributed by atoms with Crippen LogP contribution in [-0.4, -0.2) is 20.5 Å². The monoisotopic (exact) mass is 264 g/mol. The van der Waals surface area contributed by atoms with E-state index < -0.39 is 11.4 Å². The molecule has 0 spiro atoms. The van der Waals surface area contributed by atoms with Gasteiger partial charge in [-0.1, -0.05) is 19.3 Å². The minimum Gasteiger partial charge on any atom is -0.459 e. The first-order chi connectivity index (χ1) is 9.16. The fourth-order valence-electron chi connectivity index (χ4n) is 2.55. The fourth-order valence-corrected chi connectivity index (χ4v) is 2.55. The van der Waals surface area contributed by atoms with Crippen molar-refractivity contribution in [2.75, 3.05) is 0 Å². The second kappa shape index (κ2) is 4.70. The van der Waals surface area contributed by atoms with Crippen LogP contribution in [0.3, 0.4) is 0 Å². The lowest BCUT2D eigenvalue weighted by Crippen LogP contribution is -2.39. The first-order valence-corrected chi connectivity index (χ1v) is 6.51. The fraction of sp³-hybridized carbons (Fsp3) is 0.538. The van der Waals surface area contributed by atoms with Gasteiger partial charge in [0.25, 0.3) is 5.89 Å². The van der Waals surface area contributed by atoms with Crippen LogP contribution in [0.2, 0.25) is 0 Å². The molecule has 0 aromatic carbocycles. The van der Waals surface area contributed by atoms with E-state index in [9.17, 15) is 9.90 Å². The van der Waals surface area contributed by atoms with Crippen LogP contribution in [0.5, 0.6) is 0 Å². The van der Waals surface area contributed by atoms with Crippen LogP contribution >= 0.6 is 0 Å². The number of hydrogen-bond donors (Lipinski definition) is 1. The zero-order valence-electron chi connectivity index (χ0n) is 10.5. The summed E-state index contributed by atoms with van der Waals surface area (Å²) in [6.07, 6.45) is 5.98. The Hall–Kier alpha value is -1.82. The van der Waals surface area contributed by atoms with Gasteiger partial charge in [-0.15, -0.1) is 5.10 Å². The highest BCUT2D eigenvalue weighted by Gasteiger charge is 2.31. The molecule has 6 nitrogen and oxygen atoms in total. The van der Waals surface area contributed by atoms with Crippen molar-refractivity contribution in [1.29, 1.82) is 0 Å². The molecule has 1 saturated carbocycles. The van der Waals surface area contributed by atoms with Crippen LogP contribution in [0.25, 0.3) is 11.7 Å². The number of rotatable bonds is 3. The van der Waals surface area contributed by atoms with E-state index in [2.05, 4.69) is 5.10 Å². The first-order valence-electron chi connectivity index (χ1n) is 6.51. The van der Waals surface area contributed by atoms with Crippen molar-refractivity contribution < 1.29 is 13.9 Å². The molecule has 102 valence electrons. The van der Waals surface area contributed by atoms with E-state index in [1.165, 1.54) is 10.9 Å². The Labute approximate surface area is 109 Å². The van der Waals surface area contributed by atoms with Crippen molar-refractivity contribution >= 4 is 0 Å². The highest BCUT2D eigenvalue weighted by Crippen LogP contribution is 2.29. The maximum absolute atomic E-state index is 11.7. The number of furan rings is 1. The van der Waals surface area contributed by atoms with Crippen molar-refractivity contribution in [3.63, 3.8) is 0 Å². The Bertz CT molecular complexity index is 590. The van der Waals surface area contributed by atoms with Crippen LogP contribution in [-0.2, 0) is 6.54 Å². The molecular weight excluding hydrogens is 248 g/mol. The molecule has 19 heavy (non-hydrogen) atoms. The molecule has 1 fully saturated rings. The molecule has 2 aromatic rings. The van der Waals surface area contributed by atoms with Gasteiger partial charge >= 0.3 is 5.76 Å². The molecule has 0 aliphatic heterocycles. The molecule has 1 N–H and O–H groups in total. The zero-order chi connectivity index (χ0) is 13.3. The summed E-state index contributed by atoms with van der Waals surface area (Å²) in [5.41, 5.74) is -0.848. The molecule has 0 saturated heterocycles. The standard InChI is InChI=1S/C13H16N2O4/c16-12-15(9-13(17)6-2-1-3-7-13)14-11(19-12)10-5-4-8-18-10/h4-5,8,17H,1-3,6-7,9H2. The molecule has 0 atom stereocenters.